The lowest BCUT2D eigenvalue weighted by Crippen LogP contribution is -2.12. The number of carbonyl (C=O) groups excluding carboxylic acids is 1. The fourth-order valence-electron chi connectivity index (χ4n) is 3.03. The second kappa shape index (κ2) is 9.30. The predicted molar refractivity (Wildman–Crippen MR) is 117 cm³/mol. The SMILES string of the molecule is CCc1ccc(OCc2ccc(C(=O)Nc3ncn(Cc4ccc(C)cc4)n3)o2)cc1. The summed E-state index contributed by atoms with van der Waals surface area (Å²) in [5, 5.41) is 6.95. The minimum atomic E-state index is -0.411. The van der Waals surface area contributed by atoms with E-state index in [-0.39, 0.29) is 18.3 Å². The third kappa shape index (κ3) is 5.39. The van der Waals surface area contributed by atoms with Crippen LogP contribution in [0.4, 0.5) is 5.95 Å². The largest absolute Gasteiger partial charge is 0.486 e. The van der Waals surface area contributed by atoms with Gasteiger partial charge in [0, 0.05) is 0 Å². The summed E-state index contributed by atoms with van der Waals surface area (Å²) in [6, 6.07) is 19.4. The van der Waals surface area contributed by atoms with Gasteiger partial charge in [-0.05, 0) is 48.7 Å². The van der Waals surface area contributed by atoms with Crippen molar-refractivity contribution in [3.8, 4) is 5.75 Å². The molecular formula is C24H24N4O3. The van der Waals surface area contributed by atoms with Crippen LogP contribution in [-0.2, 0) is 19.6 Å². The van der Waals surface area contributed by atoms with Crippen molar-refractivity contribution in [2.45, 2.75) is 33.4 Å². The van der Waals surface area contributed by atoms with Gasteiger partial charge in [-0.2, -0.15) is 0 Å². The van der Waals surface area contributed by atoms with Crippen molar-refractivity contribution in [3.05, 3.63) is 95.2 Å². The third-order valence-electron chi connectivity index (χ3n) is 4.83. The maximum atomic E-state index is 12.4. The molecule has 0 radical (unpaired) electrons. The van der Waals surface area contributed by atoms with E-state index in [2.05, 4.69) is 22.3 Å². The Morgan fingerprint density at radius 2 is 1.77 bits per heavy atom. The Kier molecular flexibility index (Phi) is 6.12. The molecule has 2 heterocycles. The second-order valence-electron chi connectivity index (χ2n) is 7.26. The highest BCUT2D eigenvalue weighted by Gasteiger charge is 2.14. The Balaban J connectivity index is 1.31. The number of nitrogens with zero attached hydrogens (tertiary/aromatic N) is 3. The van der Waals surface area contributed by atoms with E-state index in [9.17, 15) is 4.79 Å². The number of ether oxygens (including phenoxy) is 1. The molecule has 0 spiro atoms. The van der Waals surface area contributed by atoms with E-state index >= 15 is 0 Å². The van der Waals surface area contributed by atoms with Gasteiger partial charge >= 0.3 is 0 Å². The van der Waals surface area contributed by atoms with Gasteiger partial charge in [0.1, 0.15) is 24.4 Å². The summed E-state index contributed by atoms with van der Waals surface area (Å²) in [6.07, 6.45) is 2.57. The van der Waals surface area contributed by atoms with Gasteiger partial charge in [0.05, 0.1) is 6.54 Å². The first-order chi connectivity index (χ1) is 15.1. The summed E-state index contributed by atoms with van der Waals surface area (Å²) in [5.74, 6) is 1.30. The lowest BCUT2D eigenvalue weighted by atomic mass is 10.1. The molecule has 0 saturated carbocycles. The van der Waals surface area contributed by atoms with Gasteiger partial charge in [0.15, 0.2) is 5.76 Å². The third-order valence-corrected chi connectivity index (χ3v) is 4.83. The number of nitrogens with one attached hydrogen (secondary N) is 1. The fraction of sp³-hybridized carbons (Fsp3) is 0.208. The second-order valence-corrected chi connectivity index (χ2v) is 7.26. The maximum absolute atomic E-state index is 12.4. The summed E-state index contributed by atoms with van der Waals surface area (Å²) in [5.41, 5.74) is 3.56. The number of hydrogen-bond donors (Lipinski definition) is 1. The predicted octanol–water partition coefficient (Wildman–Crippen LogP) is 4.62. The topological polar surface area (TPSA) is 82.2 Å². The van der Waals surface area contributed by atoms with Gasteiger partial charge in [-0.3, -0.25) is 10.1 Å². The van der Waals surface area contributed by atoms with E-state index in [1.165, 1.54) is 11.1 Å². The standard InChI is InChI=1S/C24H24N4O3/c1-3-18-8-10-20(11-9-18)30-15-21-12-13-22(31-21)23(29)26-24-25-16-28(27-24)14-19-6-4-17(2)5-7-19/h4-13,16H,3,14-15H2,1-2H3,(H,26,27,29). The Morgan fingerprint density at radius 1 is 1.03 bits per heavy atom. The molecule has 1 N–H and O–H groups in total. The van der Waals surface area contributed by atoms with Crippen LogP contribution < -0.4 is 10.1 Å². The Hall–Kier alpha value is -3.87. The average Bonchev–Trinajstić information content (AvgIpc) is 3.44. The van der Waals surface area contributed by atoms with Crippen molar-refractivity contribution in [2.75, 3.05) is 5.32 Å². The number of furan rings is 1. The molecule has 0 aliphatic carbocycles. The number of amides is 1. The Labute approximate surface area is 180 Å². The van der Waals surface area contributed by atoms with Gasteiger partial charge < -0.3 is 9.15 Å². The van der Waals surface area contributed by atoms with Gasteiger partial charge in [0.2, 0.25) is 5.95 Å². The minimum absolute atomic E-state index is 0.176. The van der Waals surface area contributed by atoms with Crippen LogP contribution in [0, 0.1) is 6.92 Å². The summed E-state index contributed by atoms with van der Waals surface area (Å²) in [4.78, 5) is 16.6. The highest BCUT2D eigenvalue weighted by atomic mass is 16.5. The zero-order valence-electron chi connectivity index (χ0n) is 17.5. The van der Waals surface area contributed by atoms with Crippen molar-refractivity contribution in [1.82, 2.24) is 14.8 Å². The molecule has 2 aromatic heterocycles. The average molecular weight is 416 g/mol. The Morgan fingerprint density at radius 3 is 2.52 bits per heavy atom. The quantitative estimate of drug-likeness (QED) is 0.453. The molecule has 7 heteroatoms. The van der Waals surface area contributed by atoms with Gasteiger partial charge in [-0.15, -0.1) is 5.10 Å². The van der Waals surface area contributed by atoms with Crippen LogP contribution in [0.3, 0.4) is 0 Å². The molecule has 0 saturated heterocycles. The Bertz CT molecular complexity index is 1140. The van der Waals surface area contributed by atoms with Crippen LogP contribution >= 0.6 is 0 Å². The molecule has 4 aromatic rings. The molecule has 0 atom stereocenters. The zero-order valence-corrected chi connectivity index (χ0v) is 17.5. The summed E-state index contributed by atoms with van der Waals surface area (Å²) >= 11 is 0. The summed E-state index contributed by atoms with van der Waals surface area (Å²) < 4.78 is 13.0. The van der Waals surface area contributed by atoms with E-state index in [0.717, 1.165) is 17.7 Å². The molecule has 0 bridgehead atoms. The minimum Gasteiger partial charge on any atom is -0.486 e. The van der Waals surface area contributed by atoms with Crippen LogP contribution in [0.25, 0.3) is 0 Å². The number of rotatable bonds is 8. The number of hydrogen-bond acceptors (Lipinski definition) is 5. The van der Waals surface area contributed by atoms with E-state index in [1.807, 2.05) is 55.5 Å². The van der Waals surface area contributed by atoms with Crippen molar-refractivity contribution < 1.29 is 13.9 Å². The van der Waals surface area contributed by atoms with Gasteiger partial charge in [-0.25, -0.2) is 9.67 Å². The molecule has 0 unspecified atom stereocenters. The molecule has 158 valence electrons. The van der Waals surface area contributed by atoms with Crippen LogP contribution in [0.2, 0.25) is 0 Å². The molecule has 4 rings (SSSR count). The van der Waals surface area contributed by atoms with Crippen LogP contribution in [-0.4, -0.2) is 20.7 Å². The molecule has 0 aliphatic heterocycles. The van der Waals surface area contributed by atoms with Crippen LogP contribution in [0.5, 0.6) is 5.75 Å². The number of aromatic nitrogens is 3. The lowest BCUT2D eigenvalue weighted by molar-refractivity contribution is 0.0991. The van der Waals surface area contributed by atoms with Crippen molar-refractivity contribution in [1.29, 1.82) is 0 Å². The summed E-state index contributed by atoms with van der Waals surface area (Å²) in [6.45, 7) is 4.96. The van der Waals surface area contributed by atoms with Crippen LogP contribution in [0.15, 0.2) is 71.4 Å². The van der Waals surface area contributed by atoms with Crippen LogP contribution in [0.1, 0.15) is 39.9 Å². The van der Waals surface area contributed by atoms with Crippen molar-refractivity contribution in [2.24, 2.45) is 0 Å². The van der Waals surface area contributed by atoms with E-state index in [0.29, 0.717) is 12.3 Å². The number of anilines is 1. The molecule has 1 amide bonds. The van der Waals surface area contributed by atoms with Crippen molar-refractivity contribution in [3.63, 3.8) is 0 Å². The fourth-order valence-corrected chi connectivity index (χ4v) is 3.03. The van der Waals surface area contributed by atoms with E-state index in [1.54, 1.807) is 23.1 Å². The molecule has 31 heavy (non-hydrogen) atoms. The molecule has 2 aromatic carbocycles. The first-order valence-corrected chi connectivity index (χ1v) is 10.2. The highest BCUT2D eigenvalue weighted by molar-refractivity contribution is 6.01. The normalized spacial score (nSPS) is 10.8. The number of aryl methyl sites for hydroxylation is 2. The molecule has 7 nitrogen and oxygen atoms in total. The first kappa shape index (κ1) is 20.4. The number of carbonyl (C=O) groups is 1. The van der Waals surface area contributed by atoms with E-state index in [4.69, 9.17) is 9.15 Å². The zero-order chi connectivity index (χ0) is 21.6. The number of benzene rings is 2. The lowest BCUT2D eigenvalue weighted by Gasteiger charge is -2.05. The van der Waals surface area contributed by atoms with Crippen molar-refractivity contribution >= 4 is 11.9 Å². The van der Waals surface area contributed by atoms with Gasteiger partial charge in [0.25, 0.3) is 5.91 Å². The monoisotopic (exact) mass is 416 g/mol. The highest BCUT2D eigenvalue weighted by Crippen LogP contribution is 2.16. The van der Waals surface area contributed by atoms with E-state index < -0.39 is 5.91 Å². The molecule has 0 fully saturated rings. The molecular weight excluding hydrogens is 392 g/mol. The van der Waals surface area contributed by atoms with Gasteiger partial charge in [-0.1, -0.05) is 48.9 Å². The first-order valence-electron chi connectivity index (χ1n) is 10.2. The smallest absolute Gasteiger partial charge is 0.293 e. The maximum Gasteiger partial charge on any atom is 0.293 e. The molecule has 0 aliphatic rings. The summed E-state index contributed by atoms with van der Waals surface area (Å²) in [7, 11) is 0.